The predicted molar refractivity (Wildman–Crippen MR) is 309 cm³/mol. The molecule has 0 spiro atoms. The molecule has 0 fully saturated rings. The van der Waals surface area contributed by atoms with Crippen LogP contribution in [0.3, 0.4) is 0 Å². The molecule has 72 heavy (non-hydrogen) atoms. The van der Waals surface area contributed by atoms with Gasteiger partial charge in [0.05, 0.1) is 17.4 Å². The van der Waals surface area contributed by atoms with Crippen LogP contribution in [0.2, 0.25) is 0 Å². The third kappa shape index (κ3) is 6.66. The van der Waals surface area contributed by atoms with Crippen LogP contribution in [-0.2, 0) is 32.5 Å². The highest BCUT2D eigenvalue weighted by Crippen LogP contribution is 2.60. The first-order chi connectivity index (χ1) is 33.3. The largest absolute Gasteiger partial charge is 0.468 e. The number of hydrogen-bond donors (Lipinski definition) is 0. The van der Waals surface area contributed by atoms with Crippen molar-refractivity contribution in [1.29, 1.82) is 0 Å². The maximum absolute atomic E-state index is 7.88. The molecule has 1 aromatic heterocycles. The third-order valence-corrected chi connectivity index (χ3v) is 21.7. The molecule has 380 valence electrons. The molecule has 0 N–H and O–H groups in total. The van der Waals surface area contributed by atoms with Gasteiger partial charge in [0.2, 0.25) is 0 Å². The summed E-state index contributed by atoms with van der Waals surface area (Å²) >= 11 is 0. The Bertz CT molecular complexity index is 3200. The molecule has 0 amide bonds. The summed E-state index contributed by atoms with van der Waals surface area (Å²) in [7, 11) is 0. The molecule has 6 aliphatic carbocycles. The van der Waals surface area contributed by atoms with Gasteiger partial charge in [-0.15, -0.1) is 0 Å². The second kappa shape index (κ2) is 14.8. The van der Waals surface area contributed by atoms with E-state index in [1.807, 2.05) is 0 Å². The first-order valence-electron chi connectivity index (χ1n) is 28.7. The summed E-state index contributed by atoms with van der Waals surface area (Å²) < 4.78 is 7.88. The summed E-state index contributed by atoms with van der Waals surface area (Å²) in [6.07, 6.45) is 16.0. The van der Waals surface area contributed by atoms with E-state index in [-0.39, 0.29) is 56.1 Å². The van der Waals surface area contributed by atoms with Crippen LogP contribution < -0.4 is 20.9 Å². The molecule has 3 aromatic carbocycles. The van der Waals surface area contributed by atoms with Crippen LogP contribution in [0.5, 0.6) is 0 Å². The van der Waals surface area contributed by atoms with E-state index >= 15 is 0 Å². The number of aryl methyl sites for hydroxylation is 1. The van der Waals surface area contributed by atoms with Gasteiger partial charge in [-0.1, -0.05) is 154 Å². The zero-order valence-electron chi connectivity index (χ0n) is 48.6. The standard InChI is InChI=1S/C68H89BN2O/c1-38-29-53-57-54(30-38)71(58-40(3)32-49-56(41(58)4)68(19,20)28-27-67(49,17)18)59-42-33-44-48(66(15,16)26-22-62(44,7)8)37-55(42)72-60(59)69(57)50-34-45-47(65(13,14)25-23-63(45,9)10)36-52(50)70(53)51-35-46-43(31-39(51)2)61(5,6)21-24-64(46,11)12/h30-38,41,58H,21-29H2,1-20H3. The quantitative estimate of drug-likeness (QED) is 0.187. The number of furan rings is 1. The lowest BCUT2D eigenvalue weighted by molar-refractivity contribution is 0.236. The highest BCUT2D eigenvalue weighted by molar-refractivity contribution is 6.94. The minimum atomic E-state index is -0.0378. The molecule has 0 saturated heterocycles. The van der Waals surface area contributed by atoms with E-state index in [9.17, 15) is 0 Å². The van der Waals surface area contributed by atoms with Gasteiger partial charge in [0, 0.05) is 34.1 Å². The van der Waals surface area contributed by atoms with Gasteiger partial charge in [0.15, 0.2) is 0 Å². The van der Waals surface area contributed by atoms with Gasteiger partial charge in [-0.05, 0) is 206 Å². The smallest absolute Gasteiger partial charge is 0.296 e. The van der Waals surface area contributed by atoms with Crippen molar-refractivity contribution in [3.63, 3.8) is 0 Å². The first-order valence-corrected chi connectivity index (χ1v) is 28.7. The zero-order chi connectivity index (χ0) is 51.7. The van der Waals surface area contributed by atoms with Gasteiger partial charge >= 0.3 is 0 Å². The van der Waals surface area contributed by atoms with Crippen LogP contribution in [0.15, 0.2) is 86.6 Å². The number of hydrogen-bond acceptors (Lipinski definition) is 3. The zero-order valence-corrected chi connectivity index (χ0v) is 48.6. The highest BCUT2D eigenvalue weighted by Gasteiger charge is 2.55. The topological polar surface area (TPSA) is 19.6 Å². The Morgan fingerprint density at radius 3 is 1.58 bits per heavy atom. The van der Waals surface area contributed by atoms with Crippen LogP contribution >= 0.6 is 0 Å². The minimum absolute atomic E-state index is 0.0378. The predicted octanol–water partition coefficient (Wildman–Crippen LogP) is 17.2. The Morgan fingerprint density at radius 1 is 0.542 bits per heavy atom. The Labute approximate surface area is 436 Å². The second-order valence-electron chi connectivity index (χ2n) is 30.6. The van der Waals surface area contributed by atoms with Gasteiger partial charge in [-0.2, -0.15) is 0 Å². The van der Waals surface area contributed by atoms with Crippen molar-refractivity contribution in [3.05, 3.63) is 121 Å². The van der Waals surface area contributed by atoms with Crippen molar-refractivity contribution in [3.8, 4) is 0 Å². The maximum Gasteiger partial charge on any atom is 0.296 e. The van der Waals surface area contributed by atoms with E-state index in [1.54, 1.807) is 16.7 Å². The molecule has 3 atom stereocenters. The van der Waals surface area contributed by atoms with Crippen molar-refractivity contribution in [2.45, 2.75) is 235 Å². The number of fused-ring (bicyclic) bond motifs is 9. The Kier molecular flexibility index (Phi) is 10.0. The molecule has 3 nitrogen and oxygen atoms in total. The number of allylic oxidation sites excluding steroid dienone is 5. The minimum Gasteiger partial charge on any atom is -0.468 e. The molecule has 4 aromatic rings. The number of rotatable bonds is 2. The summed E-state index contributed by atoms with van der Waals surface area (Å²) in [4.78, 5) is 5.75. The van der Waals surface area contributed by atoms with E-state index in [4.69, 9.17) is 4.42 Å². The van der Waals surface area contributed by atoms with Crippen LogP contribution in [0.4, 0.5) is 17.1 Å². The Hall–Kier alpha value is -4.18. The van der Waals surface area contributed by atoms with Crippen LogP contribution in [0.1, 0.15) is 228 Å². The summed E-state index contributed by atoms with van der Waals surface area (Å²) in [5.41, 5.74) is 28.0. The molecule has 4 heteroatoms. The van der Waals surface area contributed by atoms with Crippen LogP contribution in [-0.4, -0.2) is 12.8 Å². The third-order valence-electron chi connectivity index (χ3n) is 21.7. The van der Waals surface area contributed by atoms with E-state index in [2.05, 4.69) is 197 Å². The van der Waals surface area contributed by atoms with Crippen LogP contribution in [0.25, 0.3) is 11.0 Å². The number of nitrogens with zero attached hydrogens (tertiary/aromatic N) is 2. The van der Waals surface area contributed by atoms with Crippen molar-refractivity contribution >= 4 is 45.9 Å². The van der Waals surface area contributed by atoms with E-state index in [0.717, 1.165) is 17.7 Å². The number of benzene rings is 3. The normalized spacial score (nSPS) is 28.2. The summed E-state index contributed by atoms with van der Waals surface area (Å²) in [5.74, 6) is 0.641. The molecule has 3 unspecified atom stereocenters. The lowest BCUT2D eigenvalue weighted by Gasteiger charge is -2.54. The highest BCUT2D eigenvalue weighted by atomic mass is 16.3. The van der Waals surface area contributed by atoms with Gasteiger partial charge in [0.25, 0.3) is 6.71 Å². The SMILES string of the molecule is CC1=CC2=C(C(C)C1N1C3=CC(C)CC4=C3B(c3cc5c(cc3N4c3cc4c(cc3C)C(C)(C)CCC4(C)C)C(C)(C)CCC5(C)C)c3oc4cc5c(cc4c31)C(C)(C)CCC5(C)C)C(C)(C)CCC2(C)C. The fourth-order valence-electron chi connectivity index (χ4n) is 16.6. The van der Waals surface area contributed by atoms with Gasteiger partial charge in [-0.25, -0.2) is 0 Å². The molecule has 8 aliphatic rings. The van der Waals surface area contributed by atoms with E-state index < -0.39 is 0 Å². The fourth-order valence-corrected chi connectivity index (χ4v) is 16.6. The molecule has 0 saturated carbocycles. The maximum atomic E-state index is 7.88. The van der Waals surface area contributed by atoms with E-state index in [0.29, 0.717) is 11.8 Å². The number of anilines is 3. The van der Waals surface area contributed by atoms with Gasteiger partial charge in [-0.3, -0.25) is 0 Å². The Morgan fingerprint density at radius 2 is 1.01 bits per heavy atom. The fraction of sp³-hybridized carbons (Fsp3) is 0.588. The van der Waals surface area contributed by atoms with Crippen molar-refractivity contribution < 1.29 is 4.42 Å². The van der Waals surface area contributed by atoms with Gasteiger partial charge in [0.1, 0.15) is 5.58 Å². The van der Waals surface area contributed by atoms with Gasteiger partial charge < -0.3 is 14.2 Å². The van der Waals surface area contributed by atoms with Crippen molar-refractivity contribution in [2.75, 3.05) is 9.80 Å². The molecular weight excluding hydrogens is 872 g/mol. The monoisotopic (exact) mass is 961 g/mol. The molecule has 0 bridgehead atoms. The van der Waals surface area contributed by atoms with Crippen molar-refractivity contribution in [2.24, 2.45) is 22.7 Å². The lowest BCUT2D eigenvalue weighted by atomic mass is 9.33. The molecular formula is C68H89BN2O. The average molecular weight is 961 g/mol. The van der Waals surface area contributed by atoms with E-state index in [1.165, 1.54) is 135 Å². The summed E-state index contributed by atoms with van der Waals surface area (Å²) in [6.45, 7) is 50.1. The molecule has 12 rings (SSSR count). The lowest BCUT2D eigenvalue weighted by Crippen LogP contribution is -2.60. The average Bonchev–Trinajstić information content (AvgIpc) is 3.65. The molecule has 0 radical (unpaired) electrons. The molecule has 2 aliphatic heterocycles. The first kappa shape index (κ1) is 48.7. The summed E-state index contributed by atoms with van der Waals surface area (Å²) in [6, 6.07) is 16.0. The van der Waals surface area contributed by atoms with Crippen LogP contribution in [0, 0.1) is 29.6 Å². The molecule has 3 heterocycles. The summed E-state index contributed by atoms with van der Waals surface area (Å²) in [5, 5.41) is 1.30. The van der Waals surface area contributed by atoms with Crippen molar-refractivity contribution in [1.82, 2.24) is 0 Å². The second-order valence-corrected chi connectivity index (χ2v) is 30.6. The Balaban J connectivity index is 1.21.